The smallest absolute Gasteiger partial charge is 0.254 e. The van der Waals surface area contributed by atoms with Crippen molar-refractivity contribution in [3.05, 3.63) is 131 Å². The van der Waals surface area contributed by atoms with E-state index in [1.54, 1.807) is 12.1 Å². The fourth-order valence-electron chi connectivity index (χ4n) is 3.76. The van der Waals surface area contributed by atoms with Crippen LogP contribution >= 0.6 is 0 Å². The number of aryl methyl sites for hydroxylation is 1. The van der Waals surface area contributed by atoms with Gasteiger partial charge in [-0.1, -0.05) is 60.7 Å². The largest absolute Gasteiger partial charge is 0.345 e. The van der Waals surface area contributed by atoms with Gasteiger partial charge in [-0.25, -0.2) is 4.39 Å². The van der Waals surface area contributed by atoms with Crippen LogP contribution in [0.15, 0.2) is 97.2 Å². The number of halogens is 1. The van der Waals surface area contributed by atoms with E-state index in [0.29, 0.717) is 25.2 Å². The van der Waals surface area contributed by atoms with E-state index in [4.69, 9.17) is 0 Å². The summed E-state index contributed by atoms with van der Waals surface area (Å²) in [4.78, 5) is 15.3. The molecule has 0 aliphatic carbocycles. The van der Waals surface area contributed by atoms with Crippen molar-refractivity contribution in [1.29, 1.82) is 0 Å². The number of hydrogen-bond acceptors (Lipinski definition) is 1. The highest BCUT2D eigenvalue weighted by molar-refractivity contribution is 5.95. The summed E-state index contributed by atoms with van der Waals surface area (Å²) in [6.45, 7) is 3.49. The summed E-state index contributed by atoms with van der Waals surface area (Å²) < 4.78 is 15.7. The number of amides is 1. The summed E-state index contributed by atoms with van der Waals surface area (Å²) in [6.07, 6.45) is 1.97. The monoisotopic (exact) mass is 412 g/mol. The van der Waals surface area contributed by atoms with Gasteiger partial charge in [-0.2, -0.15) is 0 Å². The maximum absolute atomic E-state index is 13.6. The van der Waals surface area contributed by atoms with Crippen molar-refractivity contribution in [2.75, 3.05) is 0 Å². The van der Waals surface area contributed by atoms with Crippen molar-refractivity contribution in [3.8, 4) is 0 Å². The zero-order valence-electron chi connectivity index (χ0n) is 17.5. The lowest BCUT2D eigenvalue weighted by Gasteiger charge is -2.25. The summed E-state index contributed by atoms with van der Waals surface area (Å²) in [5.74, 6) is -0.243. The zero-order valence-corrected chi connectivity index (χ0v) is 17.5. The summed E-state index contributed by atoms with van der Waals surface area (Å²) in [5.41, 5.74) is 4.63. The van der Waals surface area contributed by atoms with Gasteiger partial charge in [0, 0.05) is 30.5 Å². The average molecular weight is 413 g/mol. The van der Waals surface area contributed by atoms with E-state index in [-0.39, 0.29) is 11.7 Å². The van der Waals surface area contributed by atoms with Gasteiger partial charge >= 0.3 is 0 Å². The Morgan fingerprint density at radius 1 is 0.839 bits per heavy atom. The Kier molecular flexibility index (Phi) is 6.27. The van der Waals surface area contributed by atoms with Gasteiger partial charge in [0.25, 0.3) is 5.91 Å². The first-order valence-electron chi connectivity index (χ1n) is 10.4. The minimum Gasteiger partial charge on any atom is -0.345 e. The molecule has 0 atom stereocenters. The number of nitrogens with zero attached hydrogens (tertiary/aromatic N) is 2. The molecule has 0 aliphatic rings. The van der Waals surface area contributed by atoms with Crippen molar-refractivity contribution in [3.63, 3.8) is 0 Å². The molecule has 3 aromatic carbocycles. The third-order valence-corrected chi connectivity index (χ3v) is 5.40. The normalized spacial score (nSPS) is 10.8. The van der Waals surface area contributed by atoms with Crippen LogP contribution in [0.5, 0.6) is 0 Å². The van der Waals surface area contributed by atoms with Crippen molar-refractivity contribution in [2.45, 2.75) is 26.6 Å². The number of benzene rings is 3. The van der Waals surface area contributed by atoms with Crippen LogP contribution in [0.4, 0.5) is 4.39 Å². The van der Waals surface area contributed by atoms with Gasteiger partial charge in [-0.05, 0) is 53.9 Å². The van der Waals surface area contributed by atoms with Gasteiger partial charge < -0.3 is 9.47 Å². The first-order valence-corrected chi connectivity index (χ1v) is 10.4. The summed E-state index contributed by atoms with van der Waals surface area (Å²) in [5, 5.41) is 0. The SMILES string of the molecule is Cc1ccccc1C(=O)N(Cc1ccccc1)Cc1cccn1Cc1cccc(F)c1. The van der Waals surface area contributed by atoms with Crippen molar-refractivity contribution in [2.24, 2.45) is 0 Å². The highest BCUT2D eigenvalue weighted by Gasteiger charge is 2.19. The molecule has 0 N–H and O–H groups in total. The lowest BCUT2D eigenvalue weighted by atomic mass is 10.1. The molecular weight excluding hydrogens is 387 g/mol. The van der Waals surface area contributed by atoms with E-state index >= 15 is 0 Å². The molecule has 3 nitrogen and oxygen atoms in total. The molecule has 1 aromatic heterocycles. The molecular formula is C27H25FN2O. The van der Waals surface area contributed by atoms with E-state index < -0.39 is 0 Å². The summed E-state index contributed by atoms with van der Waals surface area (Å²) in [6, 6.07) is 28.3. The number of rotatable bonds is 7. The fraction of sp³-hybridized carbons (Fsp3) is 0.148. The van der Waals surface area contributed by atoms with E-state index in [2.05, 4.69) is 4.57 Å². The van der Waals surface area contributed by atoms with E-state index in [1.165, 1.54) is 6.07 Å². The summed E-state index contributed by atoms with van der Waals surface area (Å²) >= 11 is 0. The molecule has 0 spiro atoms. The third-order valence-electron chi connectivity index (χ3n) is 5.40. The maximum atomic E-state index is 13.6. The van der Waals surface area contributed by atoms with Crippen LogP contribution < -0.4 is 0 Å². The van der Waals surface area contributed by atoms with Crippen LogP contribution in [-0.4, -0.2) is 15.4 Å². The standard InChI is InChI=1S/C27H25FN2O/c1-21-9-5-6-15-26(21)27(31)30(18-22-10-3-2-4-11-22)20-25-14-8-16-29(25)19-23-12-7-13-24(28)17-23/h2-17H,18-20H2,1H3. The lowest BCUT2D eigenvalue weighted by molar-refractivity contribution is 0.0725. The highest BCUT2D eigenvalue weighted by Crippen LogP contribution is 2.18. The predicted octanol–water partition coefficient (Wildman–Crippen LogP) is 5.83. The Morgan fingerprint density at radius 2 is 1.58 bits per heavy atom. The van der Waals surface area contributed by atoms with Gasteiger partial charge in [-0.15, -0.1) is 0 Å². The number of aromatic nitrogens is 1. The second-order valence-corrected chi connectivity index (χ2v) is 7.72. The minimum absolute atomic E-state index is 0.000425. The van der Waals surface area contributed by atoms with Gasteiger partial charge in [0.2, 0.25) is 0 Å². The van der Waals surface area contributed by atoms with Crippen LogP contribution in [-0.2, 0) is 19.6 Å². The van der Waals surface area contributed by atoms with Crippen molar-refractivity contribution in [1.82, 2.24) is 9.47 Å². The second kappa shape index (κ2) is 9.43. The molecule has 0 fully saturated rings. The van der Waals surface area contributed by atoms with Crippen molar-refractivity contribution < 1.29 is 9.18 Å². The van der Waals surface area contributed by atoms with E-state index in [1.807, 2.05) is 90.8 Å². The van der Waals surface area contributed by atoms with Crippen LogP contribution in [0, 0.1) is 12.7 Å². The van der Waals surface area contributed by atoms with Crippen LogP contribution in [0.3, 0.4) is 0 Å². The van der Waals surface area contributed by atoms with Crippen LogP contribution in [0.1, 0.15) is 32.7 Å². The van der Waals surface area contributed by atoms with Gasteiger partial charge in [0.1, 0.15) is 5.82 Å². The van der Waals surface area contributed by atoms with Gasteiger partial charge in [-0.3, -0.25) is 4.79 Å². The molecule has 1 amide bonds. The Balaban J connectivity index is 1.62. The fourth-order valence-corrected chi connectivity index (χ4v) is 3.76. The average Bonchev–Trinajstić information content (AvgIpc) is 3.20. The molecule has 4 rings (SSSR count). The molecule has 0 radical (unpaired) electrons. The quantitative estimate of drug-likeness (QED) is 0.375. The molecule has 0 saturated heterocycles. The molecule has 156 valence electrons. The third kappa shape index (κ3) is 5.10. The highest BCUT2D eigenvalue weighted by atomic mass is 19.1. The lowest BCUT2D eigenvalue weighted by Crippen LogP contribution is -2.31. The molecule has 1 heterocycles. The Hall–Kier alpha value is -3.66. The number of carbonyl (C=O) groups is 1. The Bertz CT molecular complexity index is 1170. The molecule has 31 heavy (non-hydrogen) atoms. The molecule has 0 aliphatic heterocycles. The first kappa shape index (κ1) is 20.6. The molecule has 0 bridgehead atoms. The zero-order chi connectivity index (χ0) is 21.6. The number of hydrogen-bond donors (Lipinski definition) is 0. The van der Waals surface area contributed by atoms with Crippen molar-refractivity contribution >= 4 is 5.91 Å². The predicted molar refractivity (Wildman–Crippen MR) is 121 cm³/mol. The Labute approximate surface area is 182 Å². The molecule has 4 aromatic rings. The molecule has 0 saturated carbocycles. The maximum Gasteiger partial charge on any atom is 0.254 e. The topological polar surface area (TPSA) is 25.2 Å². The van der Waals surface area contributed by atoms with Gasteiger partial charge in [0.05, 0.1) is 6.54 Å². The van der Waals surface area contributed by atoms with Crippen LogP contribution in [0.25, 0.3) is 0 Å². The molecule has 4 heteroatoms. The van der Waals surface area contributed by atoms with Gasteiger partial charge in [0.15, 0.2) is 0 Å². The first-order chi connectivity index (χ1) is 15.1. The van der Waals surface area contributed by atoms with Crippen LogP contribution in [0.2, 0.25) is 0 Å². The summed E-state index contributed by atoms with van der Waals surface area (Å²) in [7, 11) is 0. The number of carbonyl (C=O) groups excluding carboxylic acids is 1. The second-order valence-electron chi connectivity index (χ2n) is 7.72. The minimum atomic E-state index is -0.244. The molecule has 0 unspecified atom stereocenters. The Morgan fingerprint density at radius 3 is 2.35 bits per heavy atom. The van der Waals surface area contributed by atoms with E-state index in [0.717, 1.165) is 22.4 Å². The van der Waals surface area contributed by atoms with E-state index in [9.17, 15) is 9.18 Å².